The van der Waals surface area contributed by atoms with Gasteiger partial charge in [-0.05, 0) is 67.2 Å². The highest BCUT2D eigenvalue weighted by molar-refractivity contribution is 9.10. The van der Waals surface area contributed by atoms with Gasteiger partial charge in [0.1, 0.15) is 16.9 Å². The smallest absolute Gasteiger partial charge is 0.344 e. The van der Waals surface area contributed by atoms with Gasteiger partial charge in [-0.3, -0.25) is 0 Å². The molecule has 0 saturated heterocycles. The molecular weight excluding hydrogens is 380 g/mol. The number of benzene rings is 2. The fraction of sp³-hybridized carbons (Fsp3) is 0.286. The molecule has 25 heavy (non-hydrogen) atoms. The fourth-order valence-electron chi connectivity index (χ4n) is 3.30. The Bertz CT molecular complexity index is 1030. The fourth-order valence-corrected chi connectivity index (χ4v) is 3.87. The van der Waals surface area contributed by atoms with Gasteiger partial charge in [-0.1, -0.05) is 29.8 Å². The van der Waals surface area contributed by atoms with Crippen LogP contribution in [0.4, 0.5) is 0 Å². The lowest BCUT2D eigenvalue weighted by Crippen LogP contribution is -2.32. The van der Waals surface area contributed by atoms with E-state index in [0.717, 1.165) is 45.1 Å². The van der Waals surface area contributed by atoms with Crippen LogP contribution in [-0.2, 0) is 6.42 Å². The van der Waals surface area contributed by atoms with Crippen molar-refractivity contribution in [2.75, 3.05) is 0 Å². The monoisotopic (exact) mass is 398 g/mol. The Labute approximate surface area is 154 Å². The average molecular weight is 399 g/mol. The first-order chi connectivity index (χ1) is 11.8. The van der Waals surface area contributed by atoms with Crippen molar-refractivity contribution >= 4 is 26.9 Å². The van der Waals surface area contributed by atoms with E-state index in [9.17, 15) is 4.79 Å². The number of rotatable bonds is 1. The lowest BCUT2D eigenvalue weighted by molar-refractivity contribution is 0.0838. The van der Waals surface area contributed by atoms with Crippen molar-refractivity contribution in [3.63, 3.8) is 0 Å². The van der Waals surface area contributed by atoms with Gasteiger partial charge in [0.15, 0.2) is 0 Å². The molecule has 0 saturated carbocycles. The van der Waals surface area contributed by atoms with E-state index in [0.29, 0.717) is 11.1 Å². The van der Waals surface area contributed by atoms with Crippen molar-refractivity contribution in [2.45, 2.75) is 39.2 Å². The quantitative estimate of drug-likeness (QED) is 0.498. The molecule has 4 heteroatoms. The van der Waals surface area contributed by atoms with E-state index in [-0.39, 0.29) is 11.2 Å². The van der Waals surface area contributed by atoms with Crippen molar-refractivity contribution in [3.05, 3.63) is 62.4 Å². The molecule has 0 radical (unpaired) electrons. The van der Waals surface area contributed by atoms with Crippen LogP contribution in [0.2, 0.25) is 0 Å². The summed E-state index contributed by atoms with van der Waals surface area (Å²) in [5, 5.41) is 0.907. The molecule has 0 N–H and O–H groups in total. The third-order valence-electron chi connectivity index (χ3n) is 4.74. The Kier molecular flexibility index (Phi) is 3.76. The highest BCUT2D eigenvalue weighted by atomic mass is 79.9. The topological polar surface area (TPSA) is 39.4 Å². The molecule has 128 valence electrons. The van der Waals surface area contributed by atoms with Crippen molar-refractivity contribution in [1.29, 1.82) is 0 Å². The molecule has 0 spiro atoms. The summed E-state index contributed by atoms with van der Waals surface area (Å²) in [5.74, 6) is 0.787. The summed E-state index contributed by atoms with van der Waals surface area (Å²) >= 11 is 3.62. The van der Waals surface area contributed by atoms with Gasteiger partial charge in [-0.15, -0.1) is 0 Å². The number of halogens is 1. The second-order valence-electron chi connectivity index (χ2n) is 7.26. The van der Waals surface area contributed by atoms with Crippen LogP contribution < -0.4 is 10.4 Å². The van der Waals surface area contributed by atoms with Crippen LogP contribution in [0.15, 0.2) is 50.1 Å². The van der Waals surface area contributed by atoms with E-state index in [1.807, 2.05) is 43.3 Å². The van der Waals surface area contributed by atoms with Gasteiger partial charge >= 0.3 is 5.63 Å². The molecule has 0 fully saturated rings. The van der Waals surface area contributed by atoms with Gasteiger partial charge in [0.2, 0.25) is 0 Å². The van der Waals surface area contributed by atoms with Gasteiger partial charge < -0.3 is 9.15 Å². The van der Waals surface area contributed by atoms with Gasteiger partial charge in [0.25, 0.3) is 0 Å². The lowest BCUT2D eigenvalue weighted by Gasteiger charge is -2.33. The predicted molar refractivity (Wildman–Crippen MR) is 103 cm³/mol. The number of ether oxygens (including phenoxy) is 1. The number of hydrogen-bond acceptors (Lipinski definition) is 3. The molecule has 1 aromatic heterocycles. The molecule has 0 atom stereocenters. The molecule has 0 aliphatic carbocycles. The normalized spacial score (nSPS) is 15.7. The molecule has 2 heterocycles. The van der Waals surface area contributed by atoms with Crippen LogP contribution >= 0.6 is 15.9 Å². The maximum Gasteiger partial charge on any atom is 0.344 e. The number of fused-ring (bicyclic) bond motifs is 3. The summed E-state index contributed by atoms with van der Waals surface area (Å²) in [4.78, 5) is 12.6. The Hall–Kier alpha value is -2.07. The standard InChI is InChI=1S/C21H19BrO3/c1-12-4-6-13(7-5-12)16-10-14-11-17(22)19-15(18(14)24-20(16)23)8-9-21(2,3)25-19/h4-7,10-11H,8-9H2,1-3H3. The summed E-state index contributed by atoms with van der Waals surface area (Å²) in [7, 11) is 0. The second kappa shape index (κ2) is 5.73. The highest BCUT2D eigenvalue weighted by Crippen LogP contribution is 2.43. The Morgan fingerprint density at radius 1 is 1.12 bits per heavy atom. The first-order valence-corrected chi connectivity index (χ1v) is 9.19. The molecule has 3 nitrogen and oxygen atoms in total. The van der Waals surface area contributed by atoms with Gasteiger partial charge in [0.05, 0.1) is 10.0 Å². The summed E-state index contributed by atoms with van der Waals surface area (Å²) in [6.07, 6.45) is 1.71. The van der Waals surface area contributed by atoms with Crippen molar-refractivity contribution in [3.8, 4) is 16.9 Å². The van der Waals surface area contributed by atoms with Crippen LogP contribution in [0.3, 0.4) is 0 Å². The number of aryl methyl sites for hydroxylation is 2. The van der Waals surface area contributed by atoms with E-state index in [4.69, 9.17) is 9.15 Å². The second-order valence-corrected chi connectivity index (χ2v) is 8.11. The Balaban J connectivity index is 1.94. The molecule has 0 unspecified atom stereocenters. The highest BCUT2D eigenvalue weighted by Gasteiger charge is 2.30. The zero-order valence-electron chi connectivity index (χ0n) is 14.5. The van der Waals surface area contributed by atoms with Crippen LogP contribution in [0.5, 0.6) is 5.75 Å². The van der Waals surface area contributed by atoms with Crippen LogP contribution in [-0.4, -0.2) is 5.60 Å². The van der Waals surface area contributed by atoms with E-state index in [1.54, 1.807) is 0 Å². The van der Waals surface area contributed by atoms with Gasteiger partial charge in [-0.25, -0.2) is 4.79 Å². The zero-order valence-corrected chi connectivity index (χ0v) is 16.1. The Morgan fingerprint density at radius 3 is 2.56 bits per heavy atom. The molecule has 4 rings (SSSR count). The van der Waals surface area contributed by atoms with Crippen LogP contribution in [0, 0.1) is 6.92 Å². The first-order valence-electron chi connectivity index (χ1n) is 8.39. The first kappa shape index (κ1) is 16.4. The van der Waals surface area contributed by atoms with Crippen molar-refractivity contribution in [2.24, 2.45) is 0 Å². The van der Waals surface area contributed by atoms with Crippen molar-refractivity contribution < 1.29 is 9.15 Å². The SMILES string of the molecule is Cc1ccc(-c2cc3cc(Br)c4c(c3oc2=O)CCC(C)(C)O4)cc1. The molecule has 3 aromatic rings. The molecule has 1 aliphatic rings. The predicted octanol–water partition coefficient (Wildman–Crippen LogP) is 5.63. The molecule has 0 amide bonds. The minimum Gasteiger partial charge on any atom is -0.486 e. The van der Waals surface area contributed by atoms with E-state index >= 15 is 0 Å². The summed E-state index contributed by atoms with van der Waals surface area (Å²) in [5.41, 5.74) is 3.68. The molecular formula is C21H19BrO3. The van der Waals surface area contributed by atoms with E-state index in [1.165, 1.54) is 0 Å². The van der Waals surface area contributed by atoms with Crippen LogP contribution in [0.25, 0.3) is 22.1 Å². The molecule has 0 bridgehead atoms. The molecule has 2 aromatic carbocycles. The minimum absolute atomic E-state index is 0.217. The third kappa shape index (κ3) is 2.89. The maximum absolute atomic E-state index is 12.6. The summed E-state index contributed by atoms with van der Waals surface area (Å²) in [6, 6.07) is 11.8. The van der Waals surface area contributed by atoms with Gasteiger partial charge in [-0.2, -0.15) is 0 Å². The lowest BCUT2D eigenvalue weighted by atomic mass is 9.93. The maximum atomic E-state index is 12.6. The minimum atomic E-state index is -0.314. The van der Waals surface area contributed by atoms with Gasteiger partial charge in [0, 0.05) is 10.9 Å². The summed E-state index contributed by atoms with van der Waals surface area (Å²) in [6.45, 7) is 6.17. The Morgan fingerprint density at radius 2 is 1.84 bits per heavy atom. The molecule has 1 aliphatic heterocycles. The van der Waals surface area contributed by atoms with E-state index < -0.39 is 0 Å². The number of hydrogen-bond donors (Lipinski definition) is 0. The van der Waals surface area contributed by atoms with E-state index in [2.05, 4.69) is 29.8 Å². The zero-order chi connectivity index (χ0) is 17.8. The van der Waals surface area contributed by atoms with Crippen molar-refractivity contribution in [1.82, 2.24) is 0 Å². The third-order valence-corrected chi connectivity index (χ3v) is 5.33. The average Bonchev–Trinajstić information content (AvgIpc) is 2.56. The summed E-state index contributed by atoms with van der Waals surface area (Å²) < 4.78 is 12.8. The largest absolute Gasteiger partial charge is 0.486 e. The van der Waals surface area contributed by atoms with Crippen LogP contribution in [0.1, 0.15) is 31.4 Å².